The van der Waals surface area contributed by atoms with Crippen molar-refractivity contribution >= 4 is 29.1 Å². The van der Waals surface area contributed by atoms with E-state index in [0.717, 1.165) is 25.7 Å². The molecule has 0 atom stereocenters. The minimum atomic E-state index is -0.952. The molecule has 0 radical (unpaired) electrons. The van der Waals surface area contributed by atoms with Crippen molar-refractivity contribution in [2.75, 3.05) is 6.54 Å². The summed E-state index contributed by atoms with van der Waals surface area (Å²) < 4.78 is 1.66. The zero-order valence-electron chi connectivity index (χ0n) is 16.6. The van der Waals surface area contributed by atoms with Crippen LogP contribution in [0.5, 0.6) is 0 Å². The number of aromatic nitrogens is 2. The van der Waals surface area contributed by atoms with Gasteiger partial charge in [0.1, 0.15) is 11.3 Å². The molecule has 6 nitrogen and oxygen atoms in total. The molecular weight excluding hydrogens is 402 g/mol. The molecule has 0 spiro atoms. The summed E-state index contributed by atoms with van der Waals surface area (Å²) in [6, 6.07) is 13.2. The fourth-order valence-corrected chi connectivity index (χ4v) is 4.55. The summed E-state index contributed by atoms with van der Waals surface area (Å²) in [5.41, 5.74) is 2.53. The van der Waals surface area contributed by atoms with Gasteiger partial charge < -0.3 is 10.4 Å². The summed E-state index contributed by atoms with van der Waals surface area (Å²) in [5, 5.41) is 12.9. The number of imidazole rings is 1. The van der Waals surface area contributed by atoms with Gasteiger partial charge in [-0.05, 0) is 42.7 Å². The van der Waals surface area contributed by atoms with Crippen LogP contribution in [0.3, 0.4) is 0 Å². The highest BCUT2D eigenvalue weighted by atomic mass is 35.5. The summed E-state index contributed by atoms with van der Waals surface area (Å²) in [4.78, 5) is 28.4. The molecule has 1 aliphatic rings. The average Bonchev–Trinajstić information content (AvgIpc) is 3.15. The quantitative estimate of drug-likeness (QED) is 0.618. The minimum absolute atomic E-state index is 0.101. The first-order valence-corrected chi connectivity index (χ1v) is 10.6. The highest BCUT2D eigenvalue weighted by Crippen LogP contribution is 2.39. The van der Waals surface area contributed by atoms with Gasteiger partial charge >= 0.3 is 5.97 Å². The van der Waals surface area contributed by atoms with Crippen LogP contribution in [0, 0.1) is 0 Å². The number of fused-ring (bicyclic) bond motifs is 1. The van der Waals surface area contributed by atoms with Gasteiger partial charge in [-0.1, -0.05) is 49.1 Å². The van der Waals surface area contributed by atoms with Crippen LogP contribution in [0.1, 0.15) is 53.8 Å². The Hall–Kier alpha value is -2.86. The number of pyridine rings is 1. The van der Waals surface area contributed by atoms with Crippen molar-refractivity contribution in [2.24, 2.45) is 0 Å². The molecule has 2 heterocycles. The molecule has 2 aromatic heterocycles. The number of benzene rings is 1. The molecule has 30 heavy (non-hydrogen) atoms. The number of aliphatic carboxylic acids is 1. The number of nitrogens with one attached hydrogen (secondary N) is 1. The number of carbonyl (C=O) groups excluding carboxylic acids is 1. The molecule has 1 aromatic carbocycles. The third-order valence-electron chi connectivity index (χ3n) is 5.96. The molecule has 0 unspecified atom stereocenters. The summed E-state index contributed by atoms with van der Waals surface area (Å²) in [6.07, 6.45) is 6.96. The molecule has 0 bridgehead atoms. The van der Waals surface area contributed by atoms with Gasteiger partial charge in [0.15, 0.2) is 0 Å². The average molecular weight is 426 g/mol. The van der Waals surface area contributed by atoms with E-state index in [2.05, 4.69) is 22.4 Å². The van der Waals surface area contributed by atoms with Crippen LogP contribution in [-0.2, 0) is 16.6 Å². The second-order valence-corrected chi connectivity index (χ2v) is 8.41. The number of carboxylic acids is 1. The zero-order chi connectivity index (χ0) is 21.1. The Balaban J connectivity index is 1.57. The van der Waals surface area contributed by atoms with Crippen molar-refractivity contribution in [3.05, 3.63) is 70.6 Å². The first-order chi connectivity index (χ1) is 14.5. The molecule has 1 aliphatic carbocycles. The van der Waals surface area contributed by atoms with Crippen LogP contribution in [-0.4, -0.2) is 32.9 Å². The number of rotatable bonds is 6. The molecule has 4 rings (SSSR count). The van der Waals surface area contributed by atoms with Gasteiger partial charge in [0, 0.05) is 23.2 Å². The summed E-state index contributed by atoms with van der Waals surface area (Å²) in [5.74, 6) is -1.15. The van der Waals surface area contributed by atoms with Crippen molar-refractivity contribution < 1.29 is 14.7 Å². The number of hydrogen-bond donors (Lipinski definition) is 2. The molecule has 1 saturated carbocycles. The second-order valence-electron chi connectivity index (χ2n) is 7.97. The van der Waals surface area contributed by atoms with Gasteiger partial charge in [-0.25, -0.2) is 4.98 Å². The predicted molar refractivity (Wildman–Crippen MR) is 115 cm³/mol. The largest absolute Gasteiger partial charge is 0.481 e. The minimum Gasteiger partial charge on any atom is -0.481 e. The monoisotopic (exact) mass is 425 g/mol. The number of hydrogen-bond acceptors (Lipinski definition) is 3. The standard InChI is InChI=1S/C23H24ClN3O3/c24-17-9-7-16(8-10-17)23(11-2-1-3-12-23)15-25-22(30)19-5-4-6-20-26-18(13-21(28)29)14-27(19)20/h4-10,14H,1-3,11-13,15H2,(H,25,30)(H,28,29). The summed E-state index contributed by atoms with van der Waals surface area (Å²) in [7, 11) is 0. The molecule has 7 heteroatoms. The lowest BCUT2D eigenvalue weighted by molar-refractivity contribution is -0.136. The van der Waals surface area contributed by atoms with Crippen molar-refractivity contribution in [3.63, 3.8) is 0 Å². The molecule has 2 N–H and O–H groups in total. The first-order valence-electron chi connectivity index (χ1n) is 10.2. The molecule has 1 amide bonds. The van der Waals surface area contributed by atoms with Crippen LogP contribution in [0.4, 0.5) is 0 Å². The summed E-state index contributed by atoms with van der Waals surface area (Å²) in [6.45, 7) is 0.542. The van der Waals surface area contributed by atoms with Crippen molar-refractivity contribution in [2.45, 2.75) is 43.9 Å². The van der Waals surface area contributed by atoms with Gasteiger partial charge in [-0.15, -0.1) is 0 Å². The Morgan fingerprint density at radius 3 is 2.53 bits per heavy atom. The third-order valence-corrected chi connectivity index (χ3v) is 6.21. The lowest BCUT2D eigenvalue weighted by Crippen LogP contribution is -2.42. The van der Waals surface area contributed by atoms with Gasteiger partial charge in [-0.2, -0.15) is 0 Å². The number of carboxylic acid groups (broad SMARTS) is 1. The SMILES string of the molecule is O=C(O)Cc1cn2c(C(=O)NCC3(c4ccc(Cl)cc4)CCCCC3)cccc2n1. The van der Waals surface area contributed by atoms with Crippen molar-refractivity contribution in [3.8, 4) is 0 Å². The maximum absolute atomic E-state index is 13.1. The fourth-order valence-electron chi connectivity index (χ4n) is 4.43. The Bertz CT molecular complexity index is 1070. The Morgan fingerprint density at radius 1 is 1.10 bits per heavy atom. The smallest absolute Gasteiger partial charge is 0.309 e. The number of halogens is 1. The normalized spacial score (nSPS) is 15.8. The van der Waals surface area contributed by atoms with Crippen LogP contribution >= 0.6 is 11.6 Å². The Kier molecular flexibility index (Phi) is 5.77. The van der Waals surface area contributed by atoms with E-state index in [0.29, 0.717) is 28.6 Å². The predicted octanol–water partition coefficient (Wildman–Crippen LogP) is 4.25. The molecule has 3 aromatic rings. The van der Waals surface area contributed by atoms with Gasteiger partial charge in [0.2, 0.25) is 0 Å². The second kappa shape index (κ2) is 8.48. The van der Waals surface area contributed by atoms with E-state index < -0.39 is 5.97 Å². The maximum atomic E-state index is 13.1. The third kappa shape index (κ3) is 4.19. The number of amides is 1. The van der Waals surface area contributed by atoms with Crippen LogP contribution < -0.4 is 5.32 Å². The van der Waals surface area contributed by atoms with E-state index >= 15 is 0 Å². The van der Waals surface area contributed by atoms with Gasteiger partial charge in [0.25, 0.3) is 5.91 Å². The molecule has 0 aliphatic heterocycles. The van der Waals surface area contributed by atoms with Crippen LogP contribution in [0.25, 0.3) is 5.65 Å². The Morgan fingerprint density at radius 2 is 1.83 bits per heavy atom. The van der Waals surface area contributed by atoms with Gasteiger partial charge in [-0.3, -0.25) is 14.0 Å². The van der Waals surface area contributed by atoms with E-state index in [1.165, 1.54) is 12.0 Å². The van der Waals surface area contributed by atoms with Crippen LogP contribution in [0.2, 0.25) is 5.02 Å². The fraction of sp³-hybridized carbons (Fsp3) is 0.348. The number of carbonyl (C=O) groups is 2. The Labute approximate surface area is 179 Å². The molecule has 0 saturated heterocycles. The molecule has 1 fully saturated rings. The highest BCUT2D eigenvalue weighted by Gasteiger charge is 2.34. The topological polar surface area (TPSA) is 83.7 Å². The molecule has 156 valence electrons. The van der Waals surface area contributed by atoms with E-state index in [4.69, 9.17) is 16.7 Å². The number of nitrogens with zero attached hydrogens (tertiary/aromatic N) is 2. The van der Waals surface area contributed by atoms with E-state index in [-0.39, 0.29) is 17.7 Å². The zero-order valence-corrected chi connectivity index (χ0v) is 17.4. The van der Waals surface area contributed by atoms with Crippen molar-refractivity contribution in [1.29, 1.82) is 0 Å². The van der Waals surface area contributed by atoms with Gasteiger partial charge in [0.05, 0.1) is 12.1 Å². The van der Waals surface area contributed by atoms with E-state index in [1.54, 1.807) is 28.8 Å². The first kappa shape index (κ1) is 20.4. The lowest BCUT2D eigenvalue weighted by atomic mass is 9.69. The van der Waals surface area contributed by atoms with E-state index in [1.807, 2.05) is 12.1 Å². The lowest BCUT2D eigenvalue weighted by Gasteiger charge is -2.38. The van der Waals surface area contributed by atoms with Crippen molar-refractivity contribution in [1.82, 2.24) is 14.7 Å². The summed E-state index contributed by atoms with van der Waals surface area (Å²) >= 11 is 6.08. The van der Waals surface area contributed by atoms with Crippen LogP contribution in [0.15, 0.2) is 48.7 Å². The van der Waals surface area contributed by atoms with E-state index in [9.17, 15) is 9.59 Å². The molecular formula is C23H24ClN3O3. The maximum Gasteiger partial charge on any atom is 0.309 e. The highest BCUT2D eigenvalue weighted by molar-refractivity contribution is 6.30.